The van der Waals surface area contributed by atoms with Gasteiger partial charge in [0.1, 0.15) is 17.2 Å². The highest BCUT2D eigenvalue weighted by Crippen LogP contribution is 2.20. The molecule has 156 valence electrons. The normalized spacial score (nSPS) is 10.4. The van der Waals surface area contributed by atoms with E-state index >= 15 is 0 Å². The van der Waals surface area contributed by atoms with Crippen molar-refractivity contribution < 1.29 is 19.0 Å². The summed E-state index contributed by atoms with van der Waals surface area (Å²) in [4.78, 5) is 12.3. The summed E-state index contributed by atoms with van der Waals surface area (Å²) in [5.41, 5.74) is 0.486. The molecular weight excluding hydrogens is 364 g/mol. The third-order valence-corrected chi connectivity index (χ3v) is 4.46. The van der Waals surface area contributed by atoms with E-state index in [0.29, 0.717) is 24.5 Å². The Kier molecular flexibility index (Phi) is 10.4. The van der Waals surface area contributed by atoms with Crippen LogP contribution in [0.5, 0.6) is 17.2 Å². The maximum absolute atomic E-state index is 12.3. The molecule has 0 fully saturated rings. The molecule has 0 aliphatic rings. The van der Waals surface area contributed by atoms with Crippen molar-refractivity contribution in [2.24, 2.45) is 0 Å². The number of esters is 1. The monoisotopic (exact) mass is 396 g/mol. The predicted octanol–water partition coefficient (Wildman–Crippen LogP) is 6.60. The first-order valence-electron chi connectivity index (χ1n) is 10.5. The molecule has 0 N–H and O–H groups in total. The topological polar surface area (TPSA) is 44.8 Å². The van der Waals surface area contributed by atoms with Crippen molar-refractivity contribution in [3.05, 3.63) is 66.7 Å². The van der Waals surface area contributed by atoms with Gasteiger partial charge in [-0.05, 0) is 74.2 Å². The van der Waals surface area contributed by atoms with Crippen molar-refractivity contribution in [3.8, 4) is 17.2 Å². The molecule has 2 rings (SSSR count). The lowest BCUT2D eigenvalue weighted by atomic mass is 10.2. The molecule has 0 saturated heterocycles. The number of ether oxygens (including phenoxy) is 3. The first-order valence-corrected chi connectivity index (χ1v) is 10.5. The summed E-state index contributed by atoms with van der Waals surface area (Å²) >= 11 is 0. The first kappa shape index (κ1) is 22.5. The van der Waals surface area contributed by atoms with Crippen LogP contribution in [-0.4, -0.2) is 19.2 Å². The van der Waals surface area contributed by atoms with E-state index in [1.165, 1.54) is 19.3 Å². The maximum atomic E-state index is 12.3. The van der Waals surface area contributed by atoms with E-state index in [4.69, 9.17) is 14.2 Å². The van der Waals surface area contributed by atoms with E-state index in [0.717, 1.165) is 37.2 Å². The Morgan fingerprint density at radius 1 is 0.793 bits per heavy atom. The van der Waals surface area contributed by atoms with Crippen LogP contribution >= 0.6 is 0 Å². The molecule has 0 radical (unpaired) electrons. The van der Waals surface area contributed by atoms with Crippen LogP contribution in [0.25, 0.3) is 0 Å². The zero-order valence-corrected chi connectivity index (χ0v) is 17.4. The number of unbranched alkanes of at least 4 members (excludes halogenated alkanes) is 5. The highest BCUT2D eigenvalue weighted by atomic mass is 16.5. The quantitative estimate of drug-likeness (QED) is 0.156. The Balaban J connectivity index is 1.75. The fourth-order valence-electron chi connectivity index (χ4n) is 2.76. The molecule has 0 heterocycles. The lowest BCUT2D eigenvalue weighted by Crippen LogP contribution is -2.08. The lowest BCUT2D eigenvalue weighted by molar-refractivity contribution is 0.0734. The molecule has 0 saturated carbocycles. The molecule has 4 nitrogen and oxygen atoms in total. The lowest BCUT2D eigenvalue weighted by Gasteiger charge is -2.09. The molecule has 2 aromatic rings. The van der Waals surface area contributed by atoms with Gasteiger partial charge in [0.15, 0.2) is 0 Å². The van der Waals surface area contributed by atoms with Crippen LogP contribution in [0.1, 0.15) is 62.2 Å². The molecule has 0 atom stereocenters. The highest BCUT2D eigenvalue weighted by Gasteiger charge is 2.09. The van der Waals surface area contributed by atoms with Gasteiger partial charge in [0.25, 0.3) is 0 Å². The average Bonchev–Trinajstić information content (AvgIpc) is 2.75. The van der Waals surface area contributed by atoms with Gasteiger partial charge in [-0.3, -0.25) is 0 Å². The zero-order chi connectivity index (χ0) is 20.7. The average molecular weight is 397 g/mol. The number of carbonyl (C=O) groups excluding carboxylic acids is 1. The zero-order valence-electron chi connectivity index (χ0n) is 17.4. The number of hydrogen-bond donors (Lipinski definition) is 0. The summed E-state index contributed by atoms with van der Waals surface area (Å²) < 4.78 is 16.8. The van der Waals surface area contributed by atoms with Gasteiger partial charge in [-0.2, -0.15) is 0 Å². The molecule has 0 bridgehead atoms. The summed E-state index contributed by atoms with van der Waals surface area (Å²) in [6, 6.07) is 14.2. The number of carbonyl (C=O) groups is 1. The van der Waals surface area contributed by atoms with E-state index in [1.807, 2.05) is 18.2 Å². The molecule has 0 aliphatic carbocycles. The van der Waals surface area contributed by atoms with Crippen LogP contribution in [-0.2, 0) is 0 Å². The fourth-order valence-corrected chi connectivity index (χ4v) is 2.76. The van der Waals surface area contributed by atoms with Crippen LogP contribution in [0.15, 0.2) is 61.2 Å². The Labute approximate surface area is 174 Å². The number of benzene rings is 2. The maximum Gasteiger partial charge on any atom is 0.343 e. The Morgan fingerprint density at radius 2 is 1.34 bits per heavy atom. The summed E-state index contributed by atoms with van der Waals surface area (Å²) in [5, 5.41) is 0. The van der Waals surface area contributed by atoms with Gasteiger partial charge in [-0.1, -0.05) is 32.3 Å². The van der Waals surface area contributed by atoms with E-state index in [-0.39, 0.29) is 0 Å². The van der Waals surface area contributed by atoms with Gasteiger partial charge in [0.05, 0.1) is 18.8 Å². The van der Waals surface area contributed by atoms with E-state index in [9.17, 15) is 4.79 Å². The molecule has 4 heteroatoms. The number of allylic oxidation sites excluding steroid dienone is 1. The van der Waals surface area contributed by atoms with Crippen LogP contribution in [0, 0.1) is 0 Å². The van der Waals surface area contributed by atoms with Crippen molar-refractivity contribution in [1.29, 1.82) is 0 Å². The molecular formula is C25H32O4. The van der Waals surface area contributed by atoms with Crippen molar-refractivity contribution in [2.45, 2.75) is 51.9 Å². The molecule has 0 amide bonds. The van der Waals surface area contributed by atoms with Gasteiger partial charge < -0.3 is 14.2 Å². The number of rotatable bonds is 14. The van der Waals surface area contributed by atoms with Crippen molar-refractivity contribution >= 4 is 5.97 Å². The van der Waals surface area contributed by atoms with Gasteiger partial charge in [0, 0.05) is 0 Å². The van der Waals surface area contributed by atoms with Crippen molar-refractivity contribution in [3.63, 3.8) is 0 Å². The van der Waals surface area contributed by atoms with Crippen LogP contribution in [0.4, 0.5) is 0 Å². The second kappa shape index (κ2) is 13.4. The van der Waals surface area contributed by atoms with E-state index < -0.39 is 5.97 Å². The third kappa shape index (κ3) is 8.86. The van der Waals surface area contributed by atoms with Crippen molar-refractivity contribution in [1.82, 2.24) is 0 Å². The Hall–Kier alpha value is -2.75. The molecule has 0 spiro atoms. The van der Waals surface area contributed by atoms with Crippen LogP contribution in [0.3, 0.4) is 0 Å². The summed E-state index contributed by atoms with van der Waals surface area (Å²) in [7, 11) is 0. The second-order valence-corrected chi connectivity index (χ2v) is 6.93. The van der Waals surface area contributed by atoms with Crippen LogP contribution < -0.4 is 14.2 Å². The standard InChI is InChI=1S/C25H32O4/c1-3-5-7-9-19-27-22-13-11-21(12-14-22)25(26)29-24-17-15-23(16-18-24)28-20-10-8-6-4-2/h3,11-18H,1,4-10,19-20H2,2H3. The number of hydrogen-bond acceptors (Lipinski definition) is 4. The molecule has 0 unspecified atom stereocenters. The molecule has 0 aliphatic heterocycles. The smallest absolute Gasteiger partial charge is 0.343 e. The minimum atomic E-state index is -0.393. The Bertz CT molecular complexity index is 719. The minimum Gasteiger partial charge on any atom is -0.494 e. The largest absolute Gasteiger partial charge is 0.494 e. The summed E-state index contributed by atoms with van der Waals surface area (Å²) in [6.45, 7) is 7.26. The Morgan fingerprint density at radius 3 is 1.93 bits per heavy atom. The first-order chi connectivity index (χ1) is 14.2. The SMILES string of the molecule is C=CCCCCOc1ccc(C(=O)Oc2ccc(OCCCCCC)cc2)cc1. The fraction of sp³-hybridized carbons (Fsp3) is 0.400. The third-order valence-electron chi connectivity index (χ3n) is 4.46. The van der Waals surface area contributed by atoms with Gasteiger partial charge in [-0.15, -0.1) is 6.58 Å². The van der Waals surface area contributed by atoms with Crippen molar-refractivity contribution in [2.75, 3.05) is 13.2 Å². The minimum absolute atomic E-state index is 0.393. The second-order valence-electron chi connectivity index (χ2n) is 6.93. The molecule has 2 aromatic carbocycles. The van der Waals surface area contributed by atoms with E-state index in [2.05, 4.69) is 13.5 Å². The summed E-state index contributed by atoms with van der Waals surface area (Å²) in [6.07, 6.45) is 9.65. The van der Waals surface area contributed by atoms with Gasteiger partial charge >= 0.3 is 5.97 Å². The molecule has 0 aromatic heterocycles. The van der Waals surface area contributed by atoms with E-state index in [1.54, 1.807) is 36.4 Å². The van der Waals surface area contributed by atoms with Gasteiger partial charge in [-0.25, -0.2) is 4.79 Å². The molecule has 29 heavy (non-hydrogen) atoms. The predicted molar refractivity (Wildman–Crippen MR) is 117 cm³/mol. The van der Waals surface area contributed by atoms with Crippen LogP contribution in [0.2, 0.25) is 0 Å². The van der Waals surface area contributed by atoms with Gasteiger partial charge in [0.2, 0.25) is 0 Å². The highest BCUT2D eigenvalue weighted by molar-refractivity contribution is 5.91. The summed E-state index contributed by atoms with van der Waals surface area (Å²) in [5.74, 6) is 1.64.